The number of aromatic hydroxyl groups is 1. The summed E-state index contributed by atoms with van der Waals surface area (Å²) in [4.78, 5) is 29.2. The Hall–Kier alpha value is -1.89. The van der Waals surface area contributed by atoms with Crippen molar-refractivity contribution in [1.82, 2.24) is 14.5 Å². The van der Waals surface area contributed by atoms with E-state index in [-0.39, 0.29) is 11.4 Å². The van der Waals surface area contributed by atoms with Gasteiger partial charge in [0.1, 0.15) is 5.01 Å². The first-order valence-corrected chi connectivity index (χ1v) is 5.84. The molecule has 2 aromatic heterocycles. The van der Waals surface area contributed by atoms with Gasteiger partial charge < -0.3 is 5.11 Å². The molecule has 6 nitrogen and oxygen atoms in total. The molecule has 0 bridgehead atoms. The lowest BCUT2D eigenvalue weighted by atomic mass is 10.3. The van der Waals surface area contributed by atoms with Crippen molar-refractivity contribution in [2.75, 3.05) is 0 Å². The van der Waals surface area contributed by atoms with Crippen LogP contribution in [-0.2, 0) is 0 Å². The van der Waals surface area contributed by atoms with Gasteiger partial charge in [0.05, 0.1) is 11.6 Å². The van der Waals surface area contributed by atoms with Crippen molar-refractivity contribution in [3.8, 4) is 5.88 Å². The molecule has 0 aliphatic carbocycles. The average Bonchev–Trinajstić information content (AvgIpc) is 2.79. The van der Waals surface area contributed by atoms with E-state index in [0.29, 0.717) is 5.01 Å². The van der Waals surface area contributed by atoms with Gasteiger partial charge in [0.15, 0.2) is 0 Å². The summed E-state index contributed by atoms with van der Waals surface area (Å²) < 4.78 is 1.12. The molecule has 0 radical (unpaired) electrons. The maximum Gasteiger partial charge on any atom is 0.331 e. The molecule has 1 atom stereocenters. The van der Waals surface area contributed by atoms with Crippen molar-refractivity contribution in [3.05, 3.63) is 43.0 Å². The van der Waals surface area contributed by atoms with Gasteiger partial charge in [-0.3, -0.25) is 14.3 Å². The molecule has 0 aromatic carbocycles. The Balaban J connectivity index is 2.65. The summed E-state index contributed by atoms with van der Waals surface area (Å²) in [6.07, 6.45) is 1.62. The molecule has 1 unspecified atom stereocenters. The van der Waals surface area contributed by atoms with E-state index in [2.05, 4.69) is 9.97 Å². The van der Waals surface area contributed by atoms with Gasteiger partial charge in [-0.1, -0.05) is 0 Å². The zero-order chi connectivity index (χ0) is 12.6. The van der Waals surface area contributed by atoms with Crippen molar-refractivity contribution in [1.29, 1.82) is 0 Å². The predicted molar refractivity (Wildman–Crippen MR) is 63.7 cm³/mol. The molecule has 0 saturated carbocycles. The highest BCUT2D eigenvalue weighted by Crippen LogP contribution is 2.22. The SMILES string of the molecule is Cc1c(O)n(C(C)c2nccs2)c(=O)[nH]c1=O. The fraction of sp³-hybridized carbons (Fsp3) is 0.300. The van der Waals surface area contributed by atoms with E-state index < -0.39 is 17.3 Å². The molecule has 7 heteroatoms. The zero-order valence-corrected chi connectivity index (χ0v) is 10.1. The number of nitrogens with one attached hydrogen (secondary N) is 1. The highest BCUT2D eigenvalue weighted by atomic mass is 32.1. The normalized spacial score (nSPS) is 12.6. The molecule has 2 aromatic rings. The molecule has 90 valence electrons. The number of H-pyrrole nitrogens is 1. The fourth-order valence-electron chi connectivity index (χ4n) is 1.54. The Morgan fingerprint density at radius 2 is 2.24 bits per heavy atom. The highest BCUT2D eigenvalue weighted by molar-refractivity contribution is 7.09. The summed E-state index contributed by atoms with van der Waals surface area (Å²) >= 11 is 1.38. The van der Waals surface area contributed by atoms with Crippen molar-refractivity contribution in [3.63, 3.8) is 0 Å². The van der Waals surface area contributed by atoms with Gasteiger partial charge in [-0.15, -0.1) is 11.3 Å². The second-order valence-electron chi connectivity index (χ2n) is 3.62. The number of rotatable bonds is 2. The van der Waals surface area contributed by atoms with E-state index >= 15 is 0 Å². The van der Waals surface area contributed by atoms with E-state index in [9.17, 15) is 14.7 Å². The zero-order valence-electron chi connectivity index (χ0n) is 9.30. The first-order chi connectivity index (χ1) is 8.02. The molecule has 0 saturated heterocycles. The minimum absolute atomic E-state index is 0.119. The number of thiazole rings is 1. The van der Waals surface area contributed by atoms with Gasteiger partial charge in [0.25, 0.3) is 5.56 Å². The maximum atomic E-state index is 11.7. The van der Waals surface area contributed by atoms with E-state index in [4.69, 9.17) is 0 Å². The summed E-state index contributed by atoms with van der Waals surface area (Å²) in [5.74, 6) is -0.318. The Bertz CT molecular complexity index is 642. The third-order valence-corrected chi connectivity index (χ3v) is 3.49. The van der Waals surface area contributed by atoms with E-state index in [0.717, 1.165) is 4.57 Å². The van der Waals surface area contributed by atoms with Crippen molar-refractivity contribution in [2.24, 2.45) is 0 Å². The van der Waals surface area contributed by atoms with Gasteiger partial charge in [-0.25, -0.2) is 9.78 Å². The van der Waals surface area contributed by atoms with Gasteiger partial charge in [0, 0.05) is 11.6 Å². The quantitative estimate of drug-likeness (QED) is 0.821. The number of hydrogen-bond acceptors (Lipinski definition) is 5. The molecule has 17 heavy (non-hydrogen) atoms. The predicted octanol–water partition coefficient (Wildman–Crippen LogP) is 0.616. The molecule has 0 aliphatic rings. The van der Waals surface area contributed by atoms with Crippen LogP contribution in [0.5, 0.6) is 5.88 Å². The van der Waals surface area contributed by atoms with Gasteiger partial charge in [0.2, 0.25) is 5.88 Å². The number of nitrogens with zero attached hydrogens (tertiary/aromatic N) is 2. The second kappa shape index (κ2) is 4.17. The molecule has 0 amide bonds. The van der Waals surface area contributed by atoms with Crippen LogP contribution in [0.1, 0.15) is 23.5 Å². The lowest BCUT2D eigenvalue weighted by molar-refractivity contribution is 0.384. The number of aromatic amines is 1. The third kappa shape index (κ3) is 1.89. The van der Waals surface area contributed by atoms with E-state index in [1.807, 2.05) is 0 Å². The van der Waals surface area contributed by atoms with Gasteiger partial charge in [-0.2, -0.15) is 0 Å². The van der Waals surface area contributed by atoms with E-state index in [1.165, 1.54) is 18.3 Å². The van der Waals surface area contributed by atoms with Crippen LogP contribution in [0.25, 0.3) is 0 Å². The first-order valence-electron chi connectivity index (χ1n) is 4.96. The molecule has 2 N–H and O–H groups in total. The van der Waals surface area contributed by atoms with E-state index in [1.54, 1.807) is 18.5 Å². The molecule has 0 fully saturated rings. The van der Waals surface area contributed by atoms with Crippen LogP contribution in [0.3, 0.4) is 0 Å². The maximum absolute atomic E-state index is 11.7. The highest BCUT2D eigenvalue weighted by Gasteiger charge is 2.18. The van der Waals surface area contributed by atoms with Crippen molar-refractivity contribution in [2.45, 2.75) is 19.9 Å². The topological polar surface area (TPSA) is 88.0 Å². The standard InChI is InChI=1S/C10H11N3O3S/c1-5-7(14)12-10(16)13(9(5)15)6(2)8-11-3-4-17-8/h3-4,6,15H,1-2H3,(H,12,14,16). The first kappa shape index (κ1) is 11.6. The monoisotopic (exact) mass is 253 g/mol. The molecule has 0 aliphatic heterocycles. The Labute approximate surface area is 100 Å². The van der Waals surface area contributed by atoms with Crippen molar-refractivity contribution >= 4 is 11.3 Å². The largest absolute Gasteiger partial charge is 0.494 e. The minimum atomic E-state index is -0.638. The third-order valence-electron chi connectivity index (χ3n) is 2.54. The van der Waals surface area contributed by atoms with Gasteiger partial charge >= 0.3 is 5.69 Å². The minimum Gasteiger partial charge on any atom is -0.494 e. The lowest BCUT2D eigenvalue weighted by Gasteiger charge is -2.14. The van der Waals surface area contributed by atoms with Gasteiger partial charge in [-0.05, 0) is 13.8 Å². The number of aromatic nitrogens is 3. The average molecular weight is 253 g/mol. The second-order valence-corrected chi connectivity index (χ2v) is 4.55. The molecule has 0 spiro atoms. The van der Waals surface area contributed by atoms with Crippen molar-refractivity contribution < 1.29 is 5.11 Å². The van der Waals surface area contributed by atoms with Crippen LogP contribution in [0.2, 0.25) is 0 Å². The molecular formula is C10H11N3O3S. The van der Waals surface area contributed by atoms with Crippen LogP contribution >= 0.6 is 11.3 Å². The molecular weight excluding hydrogens is 242 g/mol. The fourth-order valence-corrected chi connectivity index (χ4v) is 2.23. The summed E-state index contributed by atoms with van der Waals surface area (Å²) in [6, 6.07) is -0.418. The molecule has 2 rings (SSSR count). The molecule has 2 heterocycles. The summed E-state index contributed by atoms with van der Waals surface area (Å²) in [5, 5.41) is 12.3. The Morgan fingerprint density at radius 3 is 2.82 bits per heavy atom. The lowest BCUT2D eigenvalue weighted by Crippen LogP contribution is -2.33. The number of hydrogen-bond donors (Lipinski definition) is 2. The van der Waals surface area contributed by atoms with Crippen LogP contribution in [0.15, 0.2) is 21.2 Å². The van der Waals surface area contributed by atoms with Crippen LogP contribution in [0.4, 0.5) is 0 Å². The Morgan fingerprint density at radius 1 is 1.53 bits per heavy atom. The Kier molecular flexibility index (Phi) is 2.84. The summed E-state index contributed by atoms with van der Waals surface area (Å²) in [7, 11) is 0. The summed E-state index contributed by atoms with van der Waals surface area (Å²) in [6.45, 7) is 3.19. The van der Waals surface area contributed by atoms with Crippen LogP contribution < -0.4 is 11.2 Å². The van der Waals surface area contributed by atoms with Crippen LogP contribution in [-0.4, -0.2) is 19.6 Å². The van der Waals surface area contributed by atoms with Crippen LogP contribution in [0, 0.1) is 6.92 Å². The summed E-state index contributed by atoms with van der Waals surface area (Å²) in [5.41, 5.74) is -1.09. The smallest absolute Gasteiger partial charge is 0.331 e.